The van der Waals surface area contributed by atoms with Crippen LogP contribution in [0.2, 0.25) is 0 Å². The molecule has 1 aliphatic carbocycles. The number of rotatable bonds is 9. The van der Waals surface area contributed by atoms with Gasteiger partial charge >= 0.3 is 0 Å². The first kappa shape index (κ1) is 16.2. The fourth-order valence-corrected chi connectivity index (χ4v) is 2.14. The summed E-state index contributed by atoms with van der Waals surface area (Å²) in [6, 6.07) is 4.77. The minimum Gasteiger partial charge on any atom is -0.379 e. The molecule has 0 unspecified atom stereocenters. The molecule has 0 aliphatic heterocycles. The SMILES string of the molecule is Cc1nc(N(C)CCOCC2CC2)ccc1CNC(C)C. The Hall–Kier alpha value is -1.13. The molecule has 0 atom stereocenters. The third-order valence-corrected chi connectivity index (χ3v) is 3.89. The van der Waals surface area contributed by atoms with Gasteiger partial charge in [-0.3, -0.25) is 0 Å². The van der Waals surface area contributed by atoms with Crippen LogP contribution in [0.5, 0.6) is 0 Å². The number of anilines is 1. The number of hydrogen-bond donors (Lipinski definition) is 1. The summed E-state index contributed by atoms with van der Waals surface area (Å²) in [6.45, 7) is 9.88. The highest BCUT2D eigenvalue weighted by Crippen LogP contribution is 2.28. The summed E-state index contributed by atoms with van der Waals surface area (Å²) in [7, 11) is 2.08. The monoisotopic (exact) mass is 291 g/mol. The predicted octanol–water partition coefficient (Wildman–Crippen LogP) is 2.75. The van der Waals surface area contributed by atoms with Crippen LogP contribution in [0.25, 0.3) is 0 Å². The van der Waals surface area contributed by atoms with E-state index < -0.39 is 0 Å². The van der Waals surface area contributed by atoms with Crippen molar-refractivity contribution >= 4 is 5.82 Å². The average molecular weight is 291 g/mol. The minimum atomic E-state index is 0.496. The molecule has 0 aromatic carbocycles. The molecule has 1 aromatic rings. The zero-order valence-corrected chi connectivity index (χ0v) is 13.9. The van der Waals surface area contributed by atoms with E-state index in [0.717, 1.165) is 43.7 Å². The van der Waals surface area contributed by atoms with E-state index >= 15 is 0 Å². The zero-order valence-electron chi connectivity index (χ0n) is 13.9. The Morgan fingerprint density at radius 3 is 2.76 bits per heavy atom. The number of nitrogens with one attached hydrogen (secondary N) is 1. The van der Waals surface area contributed by atoms with Crippen LogP contribution in [-0.4, -0.2) is 37.8 Å². The van der Waals surface area contributed by atoms with E-state index in [-0.39, 0.29) is 0 Å². The molecule has 0 saturated heterocycles. The van der Waals surface area contributed by atoms with E-state index in [1.807, 2.05) is 0 Å². The van der Waals surface area contributed by atoms with Crippen molar-refractivity contribution in [3.05, 3.63) is 23.4 Å². The standard InChI is InChI=1S/C17H29N3O/c1-13(2)18-11-16-7-8-17(19-14(16)3)20(4)9-10-21-12-15-5-6-15/h7-8,13,15,18H,5-6,9-12H2,1-4H3. The van der Waals surface area contributed by atoms with Crippen LogP contribution in [0.3, 0.4) is 0 Å². The fourth-order valence-electron chi connectivity index (χ4n) is 2.14. The Morgan fingerprint density at radius 2 is 2.14 bits per heavy atom. The third kappa shape index (κ3) is 5.64. The van der Waals surface area contributed by atoms with Crippen LogP contribution >= 0.6 is 0 Å². The van der Waals surface area contributed by atoms with Crippen molar-refractivity contribution in [1.29, 1.82) is 0 Å². The first-order chi connectivity index (χ1) is 10.1. The molecule has 21 heavy (non-hydrogen) atoms. The van der Waals surface area contributed by atoms with Crippen molar-refractivity contribution < 1.29 is 4.74 Å². The van der Waals surface area contributed by atoms with Gasteiger partial charge in [-0.05, 0) is 37.3 Å². The second-order valence-corrected chi connectivity index (χ2v) is 6.39. The van der Waals surface area contributed by atoms with Crippen molar-refractivity contribution in [2.24, 2.45) is 5.92 Å². The molecule has 1 heterocycles. The first-order valence-electron chi connectivity index (χ1n) is 8.05. The molecule has 1 fully saturated rings. The molecule has 4 nitrogen and oxygen atoms in total. The van der Waals surface area contributed by atoms with Crippen molar-refractivity contribution in [2.45, 2.75) is 46.2 Å². The van der Waals surface area contributed by atoms with Gasteiger partial charge < -0.3 is 15.0 Å². The van der Waals surface area contributed by atoms with Gasteiger partial charge in [0, 0.05) is 38.5 Å². The predicted molar refractivity (Wildman–Crippen MR) is 87.8 cm³/mol. The third-order valence-electron chi connectivity index (χ3n) is 3.89. The number of aryl methyl sites for hydroxylation is 1. The largest absolute Gasteiger partial charge is 0.379 e. The van der Waals surface area contributed by atoms with Crippen molar-refractivity contribution in [3.8, 4) is 0 Å². The quantitative estimate of drug-likeness (QED) is 0.710. The summed E-state index contributed by atoms with van der Waals surface area (Å²) < 4.78 is 5.69. The average Bonchev–Trinajstić information content (AvgIpc) is 3.26. The molecule has 4 heteroatoms. The zero-order chi connectivity index (χ0) is 15.2. The van der Waals surface area contributed by atoms with Gasteiger partial charge in [0.25, 0.3) is 0 Å². The number of pyridine rings is 1. The topological polar surface area (TPSA) is 37.4 Å². The highest BCUT2D eigenvalue weighted by molar-refractivity contribution is 5.40. The van der Waals surface area contributed by atoms with Crippen LogP contribution in [0.4, 0.5) is 5.82 Å². The van der Waals surface area contributed by atoms with Crippen LogP contribution in [0, 0.1) is 12.8 Å². The number of ether oxygens (including phenoxy) is 1. The minimum absolute atomic E-state index is 0.496. The molecule has 118 valence electrons. The Bertz CT molecular complexity index is 444. The lowest BCUT2D eigenvalue weighted by molar-refractivity contribution is 0.131. The van der Waals surface area contributed by atoms with Gasteiger partial charge in [-0.2, -0.15) is 0 Å². The molecule has 1 aromatic heterocycles. The molecule has 0 spiro atoms. The summed E-state index contributed by atoms with van der Waals surface area (Å²) in [5.41, 5.74) is 2.37. The van der Waals surface area contributed by atoms with Crippen molar-refractivity contribution in [2.75, 3.05) is 31.7 Å². The van der Waals surface area contributed by atoms with Gasteiger partial charge in [0.2, 0.25) is 0 Å². The highest BCUT2D eigenvalue weighted by atomic mass is 16.5. The maximum atomic E-state index is 5.69. The number of aromatic nitrogens is 1. The molecule has 0 bridgehead atoms. The lowest BCUT2D eigenvalue weighted by Gasteiger charge is -2.19. The summed E-state index contributed by atoms with van der Waals surface area (Å²) in [5, 5.41) is 3.44. The van der Waals surface area contributed by atoms with Crippen LogP contribution < -0.4 is 10.2 Å². The van der Waals surface area contributed by atoms with Crippen molar-refractivity contribution in [3.63, 3.8) is 0 Å². The maximum absolute atomic E-state index is 5.69. The molecule has 0 radical (unpaired) electrons. The molecule has 1 saturated carbocycles. The summed E-state index contributed by atoms with van der Waals surface area (Å²) in [5.74, 6) is 1.86. The second-order valence-electron chi connectivity index (χ2n) is 6.39. The lowest BCUT2D eigenvalue weighted by Crippen LogP contribution is -2.25. The van der Waals surface area contributed by atoms with Gasteiger partial charge in [-0.1, -0.05) is 19.9 Å². The Labute approximate surface area is 128 Å². The smallest absolute Gasteiger partial charge is 0.128 e. The van der Waals surface area contributed by atoms with E-state index in [9.17, 15) is 0 Å². The van der Waals surface area contributed by atoms with Gasteiger partial charge in [0.05, 0.1) is 6.61 Å². The van der Waals surface area contributed by atoms with Crippen molar-refractivity contribution in [1.82, 2.24) is 10.3 Å². The van der Waals surface area contributed by atoms with Crippen LogP contribution in [0.15, 0.2) is 12.1 Å². The van der Waals surface area contributed by atoms with Gasteiger partial charge in [-0.25, -0.2) is 4.98 Å². The second kappa shape index (κ2) is 7.76. The Balaban J connectivity index is 1.79. The number of likely N-dealkylation sites (N-methyl/N-ethyl adjacent to an activating group) is 1. The summed E-state index contributed by atoms with van der Waals surface area (Å²) in [6.07, 6.45) is 2.70. The van der Waals surface area contributed by atoms with E-state index in [1.165, 1.54) is 18.4 Å². The number of hydrogen-bond acceptors (Lipinski definition) is 4. The Morgan fingerprint density at radius 1 is 1.38 bits per heavy atom. The van der Waals surface area contributed by atoms with Crippen LogP contribution in [-0.2, 0) is 11.3 Å². The van der Waals surface area contributed by atoms with Crippen LogP contribution in [0.1, 0.15) is 37.9 Å². The molecule has 1 aliphatic rings. The summed E-state index contributed by atoms with van der Waals surface area (Å²) in [4.78, 5) is 6.87. The lowest BCUT2D eigenvalue weighted by atomic mass is 10.2. The summed E-state index contributed by atoms with van der Waals surface area (Å²) >= 11 is 0. The Kier molecular flexibility index (Phi) is 6.00. The van der Waals surface area contributed by atoms with Gasteiger partial charge in [-0.15, -0.1) is 0 Å². The molecule has 2 rings (SSSR count). The van der Waals surface area contributed by atoms with E-state index in [4.69, 9.17) is 9.72 Å². The molecular weight excluding hydrogens is 262 g/mol. The van der Waals surface area contributed by atoms with E-state index in [0.29, 0.717) is 6.04 Å². The highest BCUT2D eigenvalue weighted by Gasteiger charge is 2.21. The van der Waals surface area contributed by atoms with E-state index in [1.54, 1.807) is 0 Å². The van der Waals surface area contributed by atoms with Gasteiger partial charge in [0.1, 0.15) is 5.82 Å². The number of nitrogens with zero attached hydrogens (tertiary/aromatic N) is 2. The van der Waals surface area contributed by atoms with E-state index in [2.05, 4.69) is 50.2 Å². The normalized spacial score (nSPS) is 14.7. The van der Waals surface area contributed by atoms with Gasteiger partial charge in [0.15, 0.2) is 0 Å². The molecular formula is C17H29N3O. The maximum Gasteiger partial charge on any atom is 0.128 e. The molecule has 0 amide bonds. The fraction of sp³-hybridized carbons (Fsp3) is 0.706. The molecule has 1 N–H and O–H groups in total. The first-order valence-corrected chi connectivity index (χ1v) is 8.05.